The molecule has 0 saturated carbocycles. The number of hydrogen-bond acceptors (Lipinski definition) is 3. The third kappa shape index (κ3) is 2.65. The van der Waals surface area contributed by atoms with Crippen LogP contribution in [0.25, 0.3) is 33.4 Å². The van der Waals surface area contributed by atoms with E-state index in [0.717, 1.165) is 27.9 Å². The van der Waals surface area contributed by atoms with E-state index in [1.807, 2.05) is 90.8 Å². The minimum Gasteiger partial charge on any atom is -1.00 e. The third-order valence-electron chi connectivity index (χ3n) is 4.72. The molecule has 134 valence electrons. The van der Waals surface area contributed by atoms with Gasteiger partial charge in [0.2, 0.25) is 0 Å². The quantitative estimate of drug-likeness (QED) is 0.364. The van der Waals surface area contributed by atoms with Gasteiger partial charge in [-0.25, -0.2) is 13.9 Å². The number of nitrogens with zero attached hydrogens (tertiary/aromatic N) is 3. The first-order chi connectivity index (χ1) is 12.0. The van der Waals surface area contributed by atoms with Gasteiger partial charge in [0, 0.05) is 31.2 Å². The molecule has 26 heavy (non-hydrogen) atoms. The average molecular weight is 370 g/mol. The van der Waals surface area contributed by atoms with Crippen molar-refractivity contribution in [1.29, 1.82) is 0 Å². The fourth-order valence-corrected chi connectivity index (χ4v) is 3.38. The molecule has 0 radical (unpaired) electrons. The number of imidazole rings is 1. The van der Waals surface area contributed by atoms with E-state index in [1.54, 1.807) is 0 Å². The topological polar surface area (TPSA) is 42.3 Å². The Hall–Kier alpha value is -2.79. The van der Waals surface area contributed by atoms with Crippen molar-refractivity contribution in [2.75, 3.05) is 19.0 Å². The second-order valence-corrected chi connectivity index (χ2v) is 6.49. The largest absolute Gasteiger partial charge is 1.00 e. The molecule has 2 heterocycles. The first kappa shape index (κ1) is 18.0. The molecule has 2 aromatic carbocycles. The predicted octanol–water partition coefficient (Wildman–Crippen LogP) is -0.154. The standard InChI is InChI=1S/C20H20N3O2.ClH/c1-21(2)14-10-9-13-11-15(20(24)25-18(13)12-14)19-22(3)16-7-5-6-8-17(16)23(19)4;/h5-12H,1-4H3;1H/q+1;/p-1. The zero-order chi connectivity index (χ0) is 17.7. The molecular formula is C20H20ClN3O2. The maximum atomic E-state index is 12.7. The van der Waals surface area contributed by atoms with E-state index in [-0.39, 0.29) is 18.0 Å². The maximum absolute atomic E-state index is 12.7. The summed E-state index contributed by atoms with van der Waals surface area (Å²) in [5.74, 6) is 0.827. The Bertz CT molecular complexity index is 1140. The van der Waals surface area contributed by atoms with Crippen LogP contribution in [0, 0.1) is 0 Å². The highest BCUT2D eigenvalue weighted by molar-refractivity contribution is 5.84. The van der Waals surface area contributed by atoms with Crippen molar-refractivity contribution in [1.82, 2.24) is 4.57 Å². The van der Waals surface area contributed by atoms with Gasteiger partial charge >= 0.3 is 5.63 Å². The summed E-state index contributed by atoms with van der Waals surface area (Å²) >= 11 is 0. The van der Waals surface area contributed by atoms with Gasteiger partial charge in [-0.2, -0.15) is 0 Å². The molecule has 0 saturated heterocycles. The van der Waals surface area contributed by atoms with Gasteiger partial charge in [-0.1, -0.05) is 12.1 Å². The highest BCUT2D eigenvalue weighted by Crippen LogP contribution is 2.25. The summed E-state index contributed by atoms with van der Waals surface area (Å²) in [7, 11) is 7.86. The molecule has 0 atom stereocenters. The molecular weight excluding hydrogens is 350 g/mol. The SMILES string of the molecule is CN(C)c1ccc2cc(-c3n(C)c4ccccc4[n+]3C)c(=O)oc2c1.[Cl-]. The number of para-hydroxylation sites is 2. The smallest absolute Gasteiger partial charge is 0.351 e. The Morgan fingerprint density at radius 2 is 1.81 bits per heavy atom. The van der Waals surface area contributed by atoms with Gasteiger partial charge in [-0.05, 0) is 30.3 Å². The van der Waals surface area contributed by atoms with E-state index in [1.165, 1.54) is 0 Å². The summed E-state index contributed by atoms with van der Waals surface area (Å²) in [6.07, 6.45) is 0. The third-order valence-corrected chi connectivity index (χ3v) is 4.72. The van der Waals surface area contributed by atoms with Gasteiger partial charge in [-0.15, -0.1) is 0 Å². The van der Waals surface area contributed by atoms with Crippen LogP contribution in [0.4, 0.5) is 5.69 Å². The minimum absolute atomic E-state index is 0. The van der Waals surface area contributed by atoms with Crippen LogP contribution in [-0.2, 0) is 14.1 Å². The van der Waals surface area contributed by atoms with E-state index in [0.29, 0.717) is 11.1 Å². The Labute approximate surface area is 157 Å². The number of hydrogen-bond donors (Lipinski definition) is 0. The number of anilines is 1. The van der Waals surface area contributed by atoms with Crippen LogP contribution in [0.1, 0.15) is 0 Å². The number of fused-ring (bicyclic) bond motifs is 2. The van der Waals surface area contributed by atoms with Crippen molar-refractivity contribution < 1.29 is 21.4 Å². The summed E-state index contributed by atoms with van der Waals surface area (Å²) in [5.41, 5.74) is 3.97. The van der Waals surface area contributed by atoms with Crippen molar-refractivity contribution in [3.05, 3.63) is 59.0 Å². The Kier molecular flexibility index (Phi) is 4.50. The van der Waals surface area contributed by atoms with Crippen LogP contribution >= 0.6 is 0 Å². The van der Waals surface area contributed by atoms with Crippen LogP contribution in [0.2, 0.25) is 0 Å². The molecule has 2 aromatic heterocycles. The number of aryl methyl sites for hydroxylation is 2. The van der Waals surface area contributed by atoms with Gasteiger partial charge in [0.1, 0.15) is 5.58 Å². The second kappa shape index (κ2) is 6.50. The number of rotatable bonds is 2. The van der Waals surface area contributed by atoms with Crippen molar-refractivity contribution >= 4 is 27.7 Å². The molecule has 4 aromatic rings. The lowest BCUT2D eigenvalue weighted by molar-refractivity contribution is -0.634. The summed E-state index contributed by atoms with van der Waals surface area (Å²) in [4.78, 5) is 14.7. The monoisotopic (exact) mass is 369 g/mol. The fraction of sp³-hybridized carbons (Fsp3) is 0.200. The van der Waals surface area contributed by atoms with Gasteiger partial charge in [-0.3, -0.25) is 0 Å². The van der Waals surface area contributed by atoms with Crippen molar-refractivity contribution in [3.8, 4) is 11.4 Å². The van der Waals surface area contributed by atoms with Gasteiger partial charge in [0.25, 0.3) is 5.82 Å². The van der Waals surface area contributed by atoms with Gasteiger partial charge < -0.3 is 21.7 Å². The highest BCUT2D eigenvalue weighted by Gasteiger charge is 2.25. The Morgan fingerprint density at radius 1 is 1.08 bits per heavy atom. The Morgan fingerprint density at radius 3 is 2.50 bits per heavy atom. The number of aromatic nitrogens is 2. The molecule has 4 rings (SSSR count). The van der Waals surface area contributed by atoms with E-state index in [2.05, 4.69) is 0 Å². The fourth-order valence-electron chi connectivity index (χ4n) is 3.38. The van der Waals surface area contributed by atoms with E-state index in [4.69, 9.17) is 4.42 Å². The Balaban J connectivity index is 0.00000196. The minimum atomic E-state index is -0.329. The zero-order valence-electron chi connectivity index (χ0n) is 15.2. The van der Waals surface area contributed by atoms with E-state index < -0.39 is 0 Å². The first-order valence-corrected chi connectivity index (χ1v) is 8.16. The van der Waals surface area contributed by atoms with Gasteiger partial charge in [0.15, 0.2) is 16.6 Å². The molecule has 0 fully saturated rings. The lowest BCUT2D eigenvalue weighted by Gasteiger charge is -2.12. The molecule has 0 bridgehead atoms. The summed E-state index contributed by atoms with van der Waals surface area (Å²) < 4.78 is 9.69. The lowest BCUT2D eigenvalue weighted by atomic mass is 10.1. The number of benzene rings is 2. The molecule has 0 amide bonds. The number of halogens is 1. The van der Waals surface area contributed by atoms with Crippen LogP contribution in [0.5, 0.6) is 0 Å². The van der Waals surface area contributed by atoms with Crippen molar-refractivity contribution in [2.24, 2.45) is 14.1 Å². The molecule has 0 N–H and O–H groups in total. The second-order valence-electron chi connectivity index (χ2n) is 6.49. The molecule has 0 spiro atoms. The molecule has 5 nitrogen and oxygen atoms in total. The van der Waals surface area contributed by atoms with Crippen molar-refractivity contribution in [2.45, 2.75) is 0 Å². The highest BCUT2D eigenvalue weighted by atomic mass is 35.5. The first-order valence-electron chi connectivity index (χ1n) is 8.16. The molecule has 0 aliphatic rings. The average Bonchev–Trinajstić information content (AvgIpc) is 2.85. The normalized spacial score (nSPS) is 10.9. The molecule has 0 aliphatic heterocycles. The van der Waals surface area contributed by atoms with Crippen LogP contribution < -0.4 is 27.5 Å². The van der Waals surface area contributed by atoms with Crippen molar-refractivity contribution in [3.63, 3.8) is 0 Å². The van der Waals surface area contributed by atoms with E-state index in [9.17, 15) is 4.79 Å². The van der Waals surface area contributed by atoms with Crippen LogP contribution in [0.3, 0.4) is 0 Å². The molecule has 0 unspecified atom stereocenters. The van der Waals surface area contributed by atoms with Crippen LogP contribution in [-0.4, -0.2) is 18.7 Å². The van der Waals surface area contributed by atoms with Gasteiger partial charge in [0.05, 0.1) is 14.1 Å². The zero-order valence-corrected chi connectivity index (χ0v) is 15.9. The maximum Gasteiger partial charge on any atom is 0.351 e. The molecule has 0 aliphatic carbocycles. The van der Waals surface area contributed by atoms with E-state index >= 15 is 0 Å². The molecule has 6 heteroatoms. The predicted molar refractivity (Wildman–Crippen MR) is 99.9 cm³/mol. The van der Waals surface area contributed by atoms with Crippen LogP contribution in [0.15, 0.2) is 57.7 Å². The summed E-state index contributed by atoms with van der Waals surface area (Å²) in [6.45, 7) is 0. The lowest BCUT2D eigenvalue weighted by Crippen LogP contribution is -3.00. The summed E-state index contributed by atoms with van der Waals surface area (Å²) in [5, 5.41) is 0.908. The summed E-state index contributed by atoms with van der Waals surface area (Å²) in [6, 6.07) is 15.9.